The molecule has 0 spiro atoms. The first kappa shape index (κ1) is 15.1. The van der Waals surface area contributed by atoms with Crippen LogP contribution in [0.15, 0.2) is 42.7 Å². The van der Waals surface area contributed by atoms with Gasteiger partial charge in [-0.15, -0.1) is 0 Å². The van der Waals surface area contributed by atoms with Crippen molar-refractivity contribution >= 4 is 22.5 Å². The second-order valence-corrected chi connectivity index (χ2v) is 5.95. The van der Waals surface area contributed by atoms with Gasteiger partial charge in [0.2, 0.25) is 0 Å². The highest BCUT2D eigenvalue weighted by Gasteiger charge is 2.19. The summed E-state index contributed by atoms with van der Waals surface area (Å²) in [5, 5.41) is 2.81. The zero-order valence-electron chi connectivity index (χ0n) is 11.5. The van der Waals surface area contributed by atoms with E-state index in [2.05, 4.69) is 15.3 Å². The fourth-order valence-corrected chi connectivity index (χ4v) is 2.64. The maximum Gasteiger partial charge on any atom is 0.274 e. The molecule has 0 saturated heterocycles. The Labute approximate surface area is 125 Å². The highest BCUT2D eigenvalue weighted by Crippen LogP contribution is 2.15. The zero-order valence-corrected chi connectivity index (χ0v) is 12.3. The summed E-state index contributed by atoms with van der Waals surface area (Å²) in [6, 6.07) is 8.99. The molecule has 0 aliphatic rings. The van der Waals surface area contributed by atoms with Crippen LogP contribution in [0.5, 0.6) is 0 Å². The number of carbonyl (C=O) groups excluding carboxylic acids is 1. The summed E-state index contributed by atoms with van der Waals surface area (Å²) >= 11 is 0. The van der Waals surface area contributed by atoms with Gasteiger partial charge in [0.05, 0.1) is 6.04 Å². The molecule has 0 fully saturated rings. The number of amides is 1. The average Bonchev–Trinajstić information content (AvgIpc) is 2.47. The van der Waals surface area contributed by atoms with Crippen molar-refractivity contribution in [3.8, 4) is 0 Å². The Balaban J connectivity index is 2.21. The SMILES string of the molecule is CS(=O)CC(NC(=O)c1nccnc1N)c1ccccc1. The zero-order chi connectivity index (χ0) is 15.2. The summed E-state index contributed by atoms with van der Waals surface area (Å²) < 4.78 is 11.5. The van der Waals surface area contributed by atoms with E-state index in [0.29, 0.717) is 5.75 Å². The molecule has 7 heteroatoms. The second-order valence-electron chi connectivity index (χ2n) is 4.47. The standard InChI is InChI=1S/C14H16N4O2S/c1-21(20)9-11(10-5-3-2-4-6-10)18-14(19)12-13(15)17-8-7-16-12/h2-8,11H,9H2,1H3,(H2,15,17)(H,18,19). The van der Waals surface area contributed by atoms with E-state index in [4.69, 9.17) is 5.73 Å². The number of nitrogen functional groups attached to an aromatic ring is 1. The number of carbonyl (C=O) groups is 1. The number of nitrogens with one attached hydrogen (secondary N) is 1. The van der Waals surface area contributed by atoms with Crippen molar-refractivity contribution in [2.45, 2.75) is 6.04 Å². The lowest BCUT2D eigenvalue weighted by Crippen LogP contribution is -2.33. The van der Waals surface area contributed by atoms with Gasteiger partial charge in [-0.2, -0.15) is 0 Å². The third-order valence-corrected chi connectivity index (χ3v) is 3.65. The highest BCUT2D eigenvalue weighted by atomic mass is 32.2. The first-order valence-corrected chi connectivity index (χ1v) is 8.03. The average molecular weight is 304 g/mol. The number of hydrogen-bond acceptors (Lipinski definition) is 5. The molecule has 0 saturated carbocycles. The van der Waals surface area contributed by atoms with E-state index in [1.807, 2.05) is 30.3 Å². The lowest BCUT2D eigenvalue weighted by atomic mass is 10.1. The Bertz CT molecular complexity index is 648. The van der Waals surface area contributed by atoms with Crippen molar-refractivity contribution in [2.75, 3.05) is 17.7 Å². The normalized spacial score (nSPS) is 13.4. The number of nitrogens with zero attached hydrogens (tertiary/aromatic N) is 2. The molecule has 21 heavy (non-hydrogen) atoms. The van der Waals surface area contributed by atoms with Crippen LogP contribution in [-0.2, 0) is 10.8 Å². The fraction of sp³-hybridized carbons (Fsp3) is 0.214. The number of aromatic nitrogens is 2. The van der Waals surface area contributed by atoms with Gasteiger partial charge in [-0.1, -0.05) is 30.3 Å². The molecule has 0 aliphatic heterocycles. The highest BCUT2D eigenvalue weighted by molar-refractivity contribution is 7.84. The van der Waals surface area contributed by atoms with Crippen LogP contribution in [0.3, 0.4) is 0 Å². The molecule has 0 bridgehead atoms. The van der Waals surface area contributed by atoms with E-state index in [-0.39, 0.29) is 17.6 Å². The molecule has 3 N–H and O–H groups in total. The van der Waals surface area contributed by atoms with Crippen molar-refractivity contribution in [1.29, 1.82) is 0 Å². The molecule has 0 aliphatic carbocycles. The van der Waals surface area contributed by atoms with Crippen LogP contribution in [0.25, 0.3) is 0 Å². The van der Waals surface area contributed by atoms with Crippen LogP contribution in [0.1, 0.15) is 22.1 Å². The maximum atomic E-state index is 12.2. The Kier molecular flexibility index (Phi) is 4.99. The quantitative estimate of drug-likeness (QED) is 0.855. The molecule has 2 unspecified atom stereocenters. The Morgan fingerprint density at radius 2 is 1.95 bits per heavy atom. The predicted octanol–water partition coefficient (Wildman–Crippen LogP) is 0.908. The lowest BCUT2D eigenvalue weighted by molar-refractivity contribution is 0.0936. The summed E-state index contributed by atoms with van der Waals surface area (Å²) in [6.07, 6.45) is 4.42. The number of nitrogens with two attached hydrogens (primary N) is 1. The monoisotopic (exact) mass is 304 g/mol. The minimum atomic E-state index is -1.06. The predicted molar refractivity (Wildman–Crippen MR) is 82.0 cm³/mol. The molecule has 1 heterocycles. The van der Waals surface area contributed by atoms with Gasteiger partial charge in [-0.05, 0) is 5.56 Å². The smallest absolute Gasteiger partial charge is 0.274 e. The minimum absolute atomic E-state index is 0.0689. The van der Waals surface area contributed by atoms with Crippen LogP contribution in [-0.4, -0.2) is 32.1 Å². The Hall–Kier alpha value is -2.28. The summed E-state index contributed by atoms with van der Waals surface area (Å²) in [5.41, 5.74) is 6.59. The van der Waals surface area contributed by atoms with Crippen molar-refractivity contribution in [1.82, 2.24) is 15.3 Å². The topological polar surface area (TPSA) is 98.0 Å². The van der Waals surface area contributed by atoms with Gasteiger partial charge in [-0.3, -0.25) is 9.00 Å². The lowest BCUT2D eigenvalue weighted by Gasteiger charge is -2.18. The van der Waals surface area contributed by atoms with Gasteiger partial charge in [0.15, 0.2) is 11.5 Å². The third kappa shape index (κ3) is 4.09. The summed E-state index contributed by atoms with van der Waals surface area (Å²) in [5.74, 6) is -0.0463. The molecular weight excluding hydrogens is 288 g/mol. The van der Waals surface area contributed by atoms with Crippen LogP contribution >= 0.6 is 0 Å². The molecule has 0 radical (unpaired) electrons. The van der Waals surface area contributed by atoms with Crippen LogP contribution in [0.4, 0.5) is 5.82 Å². The van der Waals surface area contributed by atoms with Crippen molar-refractivity contribution in [3.63, 3.8) is 0 Å². The van der Waals surface area contributed by atoms with E-state index in [1.54, 1.807) is 6.26 Å². The van der Waals surface area contributed by atoms with Gasteiger partial charge in [0.1, 0.15) is 0 Å². The summed E-state index contributed by atoms with van der Waals surface area (Å²) in [7, 11) is -1.06. The molecule has 2 atom stereocenters. The van der Waals surface area contributed by atoms with E-state index >= 15 is 0 Å². The number of benzene rings is 1. The molecule has 110 valence electrons. The Morgan fingerprint density at radius 3 is 2.57 bits per heavy atom. The third-order valence-electron chi connectivity index (χ3n) is 2.85. The number of anilines is 1. The van der Waals surface area contributed by atoms with Crippen molar-refractivity contribution in [2.24, 2.45) is 0 Å². The molecule has 1 amide bonds. The van der Waals surface area contributed by atoms with Gasteiger partial charge < -0.3 is 11.1 Å². The molecule has 1 aromatic heterocycles. The maximum absolute atomic E-state index is 12.2. The van der Waals surface area contributed by atoms with Crippen molar-refractivity contribution < 1.29 is 9.00 Å². The van der Waals surface area contributed by atoms with Crippen LogP contribution < -0.4 is 11.1 Å². The van der Waals surface area contributed by atoms with Crippen molar-refractivity contribution in [3.05, 3.63) is 54.0 Å². The number of hydrogen-bond donors (Lipinski definition) is 2. The first-order chi connectivity index (χ1) is 10.1. The van der Waals surface area contributed by atoms with E-state index in [0.717, 1.165) is 5.56 Å². The minimum Gasteiger partial charge on any atom is -0.382 e. The van der Waals surface area contributed by atoms with E-state index in [1.165, 1.54) is 12.4 Å². The van der Waals surface area contributed by atoms with Gasteiger partial charge in [-0.25, -0.2) is 9.97 Å². The summed E-state index contributed by atoms with van der Waals surface area (Å²) in [4.78, 5) is 20.0. The molecular formula is C14H16N4O2S. The molecule has 2 rings (SSSR count). The van der Waals surface area contributed by atoms with Gasteiger partial charge >= 0.3 is 0 Å². The summed E-state index contributed by atoms with van der Waals surface area (Å²) in [6.45, 7) is 0. The first-order valence-electron chi connectivity index (χ1n) is 6.30. The Morgan fingerprint density at radius 1 is 1.29 bits per heavy atom. The molecule has 2 aromatic rings. The largest absolute Gasteiger partial charge is 0.382 e. The molecule has 6 nitrogen and oxygen atoms in total. The second kappa shape index (κ2) is 6.94. The van der Waals surface area contributed by atoms with E-state index in [9.17, 15) is 9.00 Å². The van der Waals surface area contributed by atoms with Crippen LogP contribution in [0, 0.1) is 0 Å². The van der Waals surface area contributed by atoms with Crippen LogP contribution in [0.2, 0.25) is 0 Å². The fourth-order valence-electron chi connectivity index (χ4n) is 1.89. The van der Waals surface area contributed by atoms with Gasteiger partial charge in [0.25, 0.3) is 5.91 Å². The number of rotatable bonds is 5. The van der Waals surface area contributed by atoms with E-state index < -0.39 is 16.7 Å². The molecule has 1 aromatic carbocycles. The van der Waals surface area contributed by atoms with Gasteiger partial charge in [0, 0.05) is 35.2 Å².